The summed E-state index contributed by atoms with van der Waals surface area (Å²) in [7, 11) is 0. The first-order chi connectivity index (χ1) is 11.1. The maximum atomic E-state index is 13.2. The number of benzene rings is 1. The van der Waals surface area contributed by atoms with Gasteiger partial charge in [-0.2, -0.15) is 0 Å². The number of carbonyl (C=O) groups is 2. The first-order valence-electron chi connectivity index (χ1n) is 8.46. The molecule has 0 aromatic heterocycles. The summed E-state index contributed by atoms with van der Waals surface area (Å²) in [5.74, 6) is -0.182. The van der Waals surface area contributed by atoms with Crippen LogP contribution in [-0.2, 0) is 9.59 Å². The number of hydrogen-bond donors (Lipinski definition) is 1. The summed E-state index contributed by atoms with van der Waals surface area (Å²) >= 11 is 0. The topological polar surface area (TPSA) is 49.4 Å². The van der Waals surface area contributed by atoms with Crippen molar-refractivity contribution in [3.63, 3.8) is 0 Å². The number of likely N-dealkylation sites (tertiary alicyclic amines) is 1. The van der Waals surface area contributed by atoms with Crippen LogP contribution in [-0.4, -0.2) is 35.8 Å². The molecule has 23 heavy (non-hydrogen) atoms. The Kier molecular flexibility index (Phi) is 3.58. The molecule has 1 N–H and O–H groups in total. The lowest BCUT2D eigenvalue weighted by atomic mass is 9.88. The standard InChI is InChI=1S/C18H21FN2O2/c19-13-5-3-11(4-6-13)15-9-21(18(23)12-1-2-12)10-16(15)17(22)20-14-7-8-14/h3-6,12,14-16H,1-2,7-10H2,(H,20,22). The first kappa shape index (κ1) is 14.7. The van der Waals surface area contributed by atoms with Crippen LogP contribution in [0.5, 0.6) is 0 Å². The molecule has 1 saturated heterocycles. The van der Waals surface area contributed by atoms with Gasteiger partial charge in [0.25, 0.3) is 0 Å². The summed E-state index contributed by atoms with van der Waals surface area (Å²) in [6.07, 6.45) is 4.03. The van der Waals surface area contributed by atoms with Crippen molar-refractivity contribution in [3.8, 4) is 0 Å². The highest BCUT2D eigenvalue weighted by atomic mass is 19.1. The Bertz CT molecular complexity index is 622. The fourth-order valence-electron chi connectivity index (χ4n) is 3.42. The van der Waals surface area contributed by atoms with E-state index in [9.17, 15) is 14.0 Å². The van der Waals surface area contributed by atoms with Crippen LogP contribution >= 0.6 is 0 Å². The molecule has 0 radical (unpaired) electrons. The van der Waals surface area contributed by atoms with Gasteiger partial charge in [0.05, 0.1) is 5.92 Å². The summed E-state index contributed by atoms with van der Waals surface area (Å²) in [6, 6.07) is 6.64. The summed E-state index contributed by atoms with van der Waals surface area (Å²) in [5.41, 5.74) is 0.938. The van der Waals surface area contributed by atoms with Crippen LogP contribution in [0.2, 0.25) is 0 Å². The van der Waals surface area contributed by atoms with Crippen molar-refractivity contribution in [2.75, 3.05) is 13.1 Å². The molecule has 1 heterocycles. The van der Waals surface area contributed by atoms with Gasteiger partial charge in [-0.25, -0.2) is 4.39 Å². The lowest BCUT2D eigenvalue weighted by Gasteiger charge is -2.18. The molecule has 5 heteroatoms. The molecule has 4 rings (SSSR count). The second-order valence-electron chi connectivity index (χ2n) is 7.06. The van der Waals surface area contributed by atoms with Crippen LogP contribution in [0.25, 0.3) is 0 Å². The third-order valence-electron chi connectivity index (χ3n) is 5.12. The Labute approximate surface area is 135 Å². The maximum absolute atomic E-state index is 13.2. The SMILES string of the molecule is O=C(NC1CC1)C1CN(C(=O)C2CC2)CC1c1ccc(F)cc1. The molecule has 122 valence electrons. The van der Waals surface area contributed by atoms with E-state index in [-0.39, 0.29) is 35.4 Å². The van der Waals surface area contributed by atoms with Gasteiger partial charge < -0.3 is 10.2 Å². The molecule has 0 bridgehead atoms. The highest BCUT2D eigenvalue weighted by Gasteiger charge is 2.44. The van der Waals surface area contributed by atoms with Gasteiger partial charge in [-0.3, -0.25) is 9.59 Å². The van der Waals surface area contributed by atoms with E-state index in [1.807, 2.05) is 4.90 Å². The Balaban J connectivity index is 1.55. The molecule has 2 unspecified atom stereocenters. The Morgan fingerprint density at radius 1 is 1.04 bits per heavy atom. The fraction of sp³-hybridized carbons (Fsp3) is 0.556. The minimum atomic E-state index is -0.281. The van der Waals surface area contributed by atoms with Crippen molar-refractivity contribution in [1.82, 2.24) is 10.2 Å². The average Bonchev–Trinajstić information content (AvgIpc) is 3.46. The van der Waals surface area contributed by atoms with Gasteiger partial charge in [-0.1, -0.05) is 12.1 Å². The number of halogens is 1. The number of carbonyl (C=O) groups excluding carboxylic acids is 2. The van der Waals surface area contributed by atoms with Crippen molar-refractivity contribution < 1.29 is 14.0 Å². The summed E-state index contributed by atoms with van der Waals surface area (Å²) < 4.78 is 13.2. The van der Waals surface area contributed by atoms with E-state index in [4.69, 9.17) is 0 Å². The summed E-state index contributed by atoms with van der Waals surface area (Å²) in [6.45, 7) is 1.04. The molecule has 1 aromatic rings. The van der Waals surface area contributed by atoms with Crippen LogP contribution in [0.1, 0.15) is 37.2 Å². The number of hydrogen-bond acceptors (Lipinski definition) is 2. The molecule has 0 spiro atoms. The monoisotopic (exact) mass is 316 g/mol. The zero-order chi connectivity index (χ0) is 16.0. The normalized spacial score (nSPS) is 27.1. The molecule has 3 fully saturated rings. The van der Waals surface area contributed by atoms with Crippen molar-refractivity contribution in [2.45, 2.75) is 37.6 Å². The van der Waals surface area contributed by atoms with E-state index >= 15 is 0 Å². The van der Waals surface area contributed by atoms with E-state index < -0.39 is 0 Å². The number of amides is 2. The average molecular weight is 316 g/mol. The van der Waals surface area contributed by atoms with Gasteiger partial charge in [-0.15, -0.1) is 0 Å². The van der Waals surface area contributed by atoms with E-state index in [0.717, 1.165) is 31.2 Å². The van der Waals surface area contributed by atoms with Gasteiger partial charge >= 0.3 is 0 Å². The third-order valence-corrected chi connectivity index (χ3v) is 5.12. The Hall–Kier alpha value is -1.91. The predicted octanol–water partition coefficient (Wildman–Crippen LogP) is 2.06. The van der Waals surface area contributed by atoms with E-state index in [1.54, 1.807) is 12.1 Å². The molecule has 2 aliphatic carbocycles. The smallest absolute Gasteiger partial charge is 0.225 e. The fourth-order valence-corrected chi connectivity index (χ4v) is 3.42. The van der Waals surface area contributed by atoms with Crippen LogP contribution in [0.3, 0.4) is 0 Å². The molecular weight excluding hydrogens is 295 g/mol. The van der Waals surface area contributed by atoms with Gasteiger partial charge in [0, 0.05) is 31.0 Å². The Morgan fingerprint density at radius 3 is 2.35 bits per heavy atom. The van der Waals surface area contributed by atoms with Gasteiger partial charge in [-0.05, 0) is 43.4 Å². The maximum Gasteiger partial charge on any atom is 0.225 e. The van der Waals surface area contributed by atoms with E-state index in [2.05, 4.69) is 5.32 Å². The second-order valence-corrected chi connectivity index (χ2v) is 7.06. The lowest BCUT2D eigenvalue weighted by Crippen LogP contribution is -2.36. The summed E-state index contributed by atoms with van der Waals surface area (Å²) in [5, 5.41) is 3.06. The zero-order valence-corrected chi connectivity index (χ0v) is 13.0. The Morgan fingerprint density at radius 2 is 1.74 bits per heavy atom. The molecule has 1 aromatic carbocycles. The molecular formula is C18H21FN2O2. The first-order valence-corrected chi connectivity index (χ1v) is 8.46. The number of rotatable bonds is 4. The van der Waals surface area contributed by atoms with Crippen LogP contribution in [0.4, 0.5) is 4.39 Å². The lowest BCUT2D eigenvalue weighted by molar-refractivity contribution is -0.132. The van der Waals surface area contributed by atoms with Crippen molar-refractivity contribution in [1.29, 1.82) is 0 Å². The molecule has 4 nitrogen and oxygen atoms in total. The second kappa shape index (κ2) is 5.62. The minimum absolute atomic E-state index is 0.0351. The molecule has 2 atom stereocenters. The highest BCUT2D eigenvalue weighted by molar-refractivity contribution is 5.85. The zero-order valence-electron chi connectivity index (χ0n) is 13.0. The molecule has 3 aliphatic rings. The van der Waals surface area contributed by atoms with Crippen LogP contribution in [0.15, 0.2) is 24.3 Å². The number of nitrogens with zero attached hydrogens (tertiary/aromatic N) is 1. The minimum Gasteiger partial charge on any atom is -0.353 e. The molecule has 2 saturated carbocycles. The van der Waals surface area contributed by atoms with Crippen molar-refractivity contribution in [2.24, 2.45) is 11.8 Å². The van der Waals surface area contributed by atoms with Gasteiger partial charge in [0.2, 0.25) is 11.8 Å². The van der Waals surface area contributed by atoms with Gasteiger partial charge in [0.1, 0.15) is 5.82 Å². The predicted molar refractivity (Wildman–Crippen MR) is 83.1 cm³/mol. The molecule has 2 amide bonds. The van der Waals surface area contributed by atoms with Crippen LogP contribution in [0, 0.1) is 17.7 Å². The van der Waals surface area contributed by atoms with Crippen molar-refractivity contribution >= 4 is 11.8 Å². The van der Waals surface area contributed by atoms with Gasteiger partial charge in [0.15, 0.2) is 0 Å². The number of nitrogens with one attached hydrogen (secondary N) is 1. The quantitative estimate of drug-likeness (QED) is 0.924. The van der Waals surface area contributed by atoms with E-state index in [0.29, 0.717) is 19.1 Å². The van der Waals surface area contributed by atoms with Crippen LogP contribution < -0.4 is 5.32 Å². The summed E-state index contributed by atoms with van der Waals surface area (Å²) in [4.78, 5) is 26.8. The third kappa shape index (κ3) is 3.09. The molecule has 1 aliphatic heterocycles. The highest BCUT2D eigenvalue weighted by Crippen LogP contribution is 2.38. The van der Waals surface area contributed by atoms with Crippen molar-refractivity contribution in [3.05, 3.63) is 35.6 Å². The largest absolute Gasteiger partial charge is 0.353 e. The van der Waals surface area contributed by atoms with E-state index in [1.165, 1.54) is 12.1 Å².